The number of hydrogen-bond donors (Lipinski definition) is 0. The van der Waals surface area contributed by atoms with Crippen LogP contribution in [0.1, 0.15) is 23.7 Å². The van der Waals surface area contributed by atoms with Gasteiger partial charge in [0.15, 0.2) is 5.78 Å². The highest BCUT2D eigenvalue weighted by Crippen LogP contribution is 2.37. The number of hydrogen-bond acceptors (Lipinski definition) is 3. The molecule has 1 heterocycles. The highest BCUT2D eigenvalue weighted by molar-refractivity contribution is 6.34. The average molecular weight is 302 g/mol. The van der Waals surface area contributed by atoms with Crippen LogP contribution in [-0.4, -0.2) is 18.9 Å². The molecule has 0 fully saturated rings. The van der Waals surface area contributed by atoms with E-state index in [9.17, 15) is 4.79 Å². The summed E-state index contributed by atoms with van der Waals surface area (Å²) < 4.78 is 5.76. The van der Waals surface area contributed by atoms with Crippen molar-refractivity contribution in [3.8, 4) is 5.75 Å². The molecule has 0 radical (unpaired) electrons. The zero-order valence-electron chi connectivity index (χ0n) is 11.8. The van der Waals surface area contributed by atoms with Crippen LogP contribution in [0.25, 0.3) is 0 Å². The molecule has 108 valence electrons. The van der Waals surface area contributed by atoms with Gasteiger partial charge in [0.2, 0.25) is 0 Å². The Morgan fingerprint density at radius 3 is 2.81 bits per heavy atom. The van der Waals surface area contributed by atoms with E-state index < -0.39 is 0 Å². The molecule has 0 bridgehead atoms. The molecule has 0 spiro atoms. The molecule has 0 saturated carbocycles. The number of anilines is 2. The first-order valence-corrected chi connectivity index (χ1v) is 7.34. The van der Waals surface area contributed by atoms with Gasteiger partial charge in [-0.15, -0.1) is 0 Å². The van der Waals surface area contributed by atoms with Crippen molar-refractivity contribution in [3.05, 3.63) is 53.1 Å². The third-order valence-corrected chi connectivity index (χ3v) is 3.90. The normalized spacial score (nSPS) is 14.1. The van der Waals surface area contributed by atoms with Crippen LogP contribution in [0.3, 0.4) is 0 Å². The Balaban J connectivity index is 2.04. The van der Waals surface area contributed by atoms with Crippen molar-refractivity contribution in [3.63, 3.8) is 0 Å². The number of carbonyl (C=O) groups is 1. The lowest BCUT2D eigenvalue weighted by molar-refractivity contribution is 0.101. The third-order valence-electron chi connectivity index (χ3n) is 3.58. The number of rotatable bonds is 2. The van der Waals surface area contributed by atoms with Crippen LogP contribution in [0.5, 0.6) is 5.75 Å². The Labute approximate surface area is 129 Å². The molecule has 0 N–H and O–H groups in total. The lowest BCUT2D eigenvalue weighted by atomic mass is 10.1. The van der Waals surface area contributed by atoms with Crippen molar-refractivity contribution in [1.29, 1.82) is 0 Å². The Morgan fingerprint density at radius 2 is 2.05 bits per heavy atom. The zero-order valence-corrected chi connectivity index (χ0v) is 12.6. The van der Waals surface area contributed by atoms with E-state index in [0.29, 0.717) is 17.2 Å². The van der Waals surface area contributed by atoms with Gasteiger partial charge in [0.1, 0.15) is 5.75 Å². The van der Waals surface area contributed by atoms with E-state index in [1.165, 1.54) is 6.92 Å². The molecule has 3 nitrogen and oxygen atoms in total. The van der Waals surface area contributed by atoms with Gasteiger partial charge in [0, 0.05) is 17.8 Å². The third kappa shape index (κ3) is 2.74. The zero-order chi connectivity index (χ0) is 14.8. The maximum absolute atomic E-state index is 11.5. The Kier molecular flexibility index (Phi) is 3.84. The molecule has 2 aromatic rings. The summed E-state index contributed by atoms with van der Waals surface area (Å²) in [5, 5.41) is 0.489. The molecule has 1 aliphatic heterocycles. The molecular weight excluding hydrogens is 286 g/mol. The number of para-hydroxylation sites is 2. The molecule has 0 unspecified atom stereocenters. The largest absolute Gasteiger partial charge is 0.491 e. The summed E-state index contributed by atoms with van der Waals surface area (Å²) in [4.78, 5) is 13.7. The van der Waals surface area contributed by atoms with Crippen molar-refractivity contribution in [2.75, 3.05) is 18.1 Å². The summed E-state index contributed by atoms with van der Waals surface area (Å²) in [5.41, 5.74) is 2.56. The molecular formula is C17H16ClNO2. The standard InChI is InChI=1S/C17H16ClNO2/c1-12(20)14-8-7-13(11-15(14)18)19-9-4-10-21-17-6-3-2-5-16(17)19/h2-3,5-8,11H,4,9-10H2,1H3. The summed E-state index contributed by atoms with van der Waals surface area (Å²) in [6.07, 6.45) is 0.931. The fraction of sp³-hybridized carbons (Fsp3) is 0.235. The van der Waals surface area contributed by atoms with E-state index in [4.69, 9.17) is 16.3 Å². The van der Waals surface area contributed by atoms with Crippen LogP contribution in [0, 0.1) is 0 Å². The van der Waals surface area contributed by atoms with E-state index in [1.807, 2.05) is 36.4 Å². The SMILES string of the molecule is CC(=O)c1ccc(N2CCCOc3ccccc32)cc1Cl. The summed E-state index contributed by atoms with van der Waals surface area (Å²) in [6, 6.07) is 13.5. The summed E-state index contributed by atoms with van der Waals surface area (Å²) in [6.45, 7) is 3.08. The maximum atomic E-state index is 11.5. The van der Waals surface area contributed by atoms with Gasteiger partial charge in [0.25, 0.3) is 0 Å². The smallest absolute Gasteiger partial charge is 0.161 e. The second kappa shape index (κ2) is 5.78. The van der Waals surface area contributed by atoms with Gasteiger partial charge in [-0.25, -0.2) is 0 Å². The minimum Gasteiger partial charge on any atom is -0.491 e. The average Bonchev–Trinajstić information content (AvgIpc) is 2.69. The molecule has 21 heavy (non-hydrogen) atoms. The van der Waals surface area contributed by atoms with Crippen LogP contribution in [0.2, 0.25) is 5.02 Å². The van der Waals surface area contributed by atoms with Gasteiger partial charge in [-0.2, -0.15) is 0 Å². The van der Waals surface area contributed by atoms with Crippen LogP contribution in [-0.2, 0) is 0 Å². The van der Waals surface area contributed by atoms with Crippen molar-refractivity contribution in [2.24, 2.45) is 0 Å². The highest BCUT2D eigenvalue weighted by atomic mass is 35.5. The predicted molar refractivity (Wildman–Crippen MR) is 85.0 cm³/mol. The fourth-order valence-electron chi connectivity index (χ4n) is 2.55. The molecule has 4 heteroatoms. The van der Waals surface area contributed by atoms with Crippen LogP contribution >= 0.6 is 11.6 Å². The Bertz CT molecular complexity index is 684. The minimum atomic E-state index is -0.0221. The quantitative estimate of drug-likeness (QED) is 0.767. The van der Waals surface area contributed by atoms with Gasteiger partial charge < -0.3 is 9.64 Å². The number of ketones is 1. The summed E-state index contributed by atoms with van der Waals surface area (Å²) >= 11 is 6.23. The molecule has 0 atom stereocenters. The maximum Gasteiger partial charge on any atom is 0.161 e. The fourth-order valence-corrected chi connectivity index (χ4v) is 2.86. The van der Waals surface area contributed by atoms with Crippen LogP contribution < -0.4 is 9.64 Å². The molecule has 0 aromatic heterocycles. The predicted octanol–water partition coefficient (Wildman–Crippen LogP) is 4.46. The Morgan fingerprint density at radius 1 is 1.24 bits per heavy atom. The topological polar surface area (TPSA) is 29.5 Å². The number of nitrogens with zero attached hydrogens (tertiary/aromatic N) is 1. The van der Waals surface area contributed by atoms with Crippen molar-refractivity contribution < 1.29 is 9.53 Å². The van der Waals surface area contributed by atoms with Gasteiger partial charge in [-0.3, -0.25) is 4.79 Å². The van der Waals surface area contributed by atoms with E-state index in [1.54, 1.807) is 6.07 Å². The van der Waals surface area contributed by atoms with Crippen LogP contribution in [0.15, 0.2) is 42.5 Å². The Hall–Kier alpha value is -2.00. The molecule has 3 rings (SSSR count). The van der Waals surface area contributed by atoms with E-state index >= 15 is 0 Å². The molecule has 0 amide bonds. The summed E-state index contributed by atoms with van der Waals surface area (Å²) in [7, 11) is 0. The highest BCUT2D eigenvalue weighted by Gasteiger charge is 2.18. The molecule has 0 saturated heterocycles. The van der Waals surface area contributed by atoms with Gasteiger partial charge in [0.05, 0.1) is 17.3 Å². The lowest BCUT2D eigenvalue weighted by Crippen LogP contribution is -2.17. The first-order valence-electron chi connectivity index (χ1n) is 6.96. The molecule has 2 aromatic carbocycles. The van der Waals surface area contributed by atoms with E-state index in [0.717, 1.165) is 30.1 Å². The summed E-state index contributed by atoms with van der Waals surface area (Å²) in [5.74, 6) is 0.855. The van der Waals surface area contributed by atoms with E-state index in [-0.39, 0.29) is 5.78 Å². The van der Waals surface area contributed by atoms with Gasteiger partial charge in [-0.05, 0) is 43.7 Å². The van der Waals surface area contributed by atoms with Crippen molar-refractivity contribution in [1.82, 2.24) is 0 Å². The first kappa shape index (κ1) is 14.0. The lowest BCUT2D eigenvalue weighted by Gasteiger charge is -2.24. The molecule has 1 aliphatic rings. The van der Waals surface area contributed by atoms with Crippen molar-refractivity contribution in [2.45, 2.75) is 13.3 Å². The van der Waals surface area contributed by atoms with E-state index in [2.05, 4.69) is 4.90 Å². The molecule has 0 aliphatic carbocycles. The number of ether oxygens (including phenoxy) is 1. The monoisotopic (exact) mass is 301 g/mol. The second-order valence-corrected chi connectivity index (χ2v) is 5.45. The number of fused-ring (bicyclic) bond motifs is 1. The number of halogens is 1. The minimum absolute atomic E-state index is 0.0221. The number of Topliss-reactive ketones (excluding diaryl/α,β-unsaturated/α-hetero) is 1. The van der Waals surface area contributed by atoms with Crippen molar-refractivity contribution >= 4 is 28.8 Å². The van der Waals surface area contributed by atoms with Crippen LogP contribution in [0.4, 0.5) is 11.4 Å². The number of carbonyl (C=O) groups excluding carboxylic acids is 1. The second-order valence-electron chi connectivity index (χ2n) is 5.04. The number of benzene rings is 2. The van der Waals surface area contributed by atoms with Gasteiger partial charge in [-0.1, -0.05) is 23.7 Å². The first-order chi connectivity index (χ1) is 10.2. The van der Waals surface area contributed by atoms with Gasteiger partial charge >= 0.3 is 0 Å².